The molecule has 7 heteroatoms. The van der Waals surface area contributed by atoms with Crippen molar-refractivity contribution in [2.75, 3.05) is 25.6 Å². The van der Waals surface area contributed by atoms with Crippen LogP contribution in [0.4, 0.5) is 11.4 Å². The van der Waals surface area contributed by atoms with Crippen LogP contribution in [-0.4, -0.2) is 36.4 Å². The van der Waals surface area contributed by atoms with Gasteiger partial charge in [0.05, 0.1) is 29.3 Å². The normalized spacial score (nSPS) is 11.6. The van der Waals surface area contributed by atoms with Gasteiger partial charge in [-0.25, -0.2) is 0 Å². The number of hydrogen-bond acceptors (Lipinski definition) is 6. The summed E-state index contributed by atoms with van der Waals surface area (Å²) in [7, 11) is 1.45. The molecule has 1 rings (SSSR count). The maximum absolute atomic E-state index is 10.8. The number of anilines is 1. The van der Waals surface area contributed by atoms with Crippen molar-refractivity contribution in [3.63, 3.8) is 0 Å². The number of nitrogens with zero attached hydrogens (tertiary/aromatic N) is 2. The summed E-state index contributed by atoms with van der Waals surface area (Å²) < 4.78 is 4.74. The van der Waals surface area contributed by atoms with Crippen LogP contribution in [0.2, 0.25) is 0 Å². The summed E-state index contributed by atoms with van der Waals surface area (Å²) in [4.78, 5) is 10.3. The van der Waals surface area contributed by atoms with Crippen LogP contribution in [-0.2, 0) is 4.74 Å². The monoisotopic (exact) mass is 251 g/mol. The summed E-state index contributed by atoms with van der Waals surface area (Å²) in [6.07, 6.45) is -0.759. The SMILES string of the molecule is COCC(O)CNc1ccc(C#N)cc1[N+](=O)[O-]. The van der Waals surface area contributed by atoms with Gasteiger partial charge in [-0.05, 0) is 12.1 Å². The molecule has 0 spiro atoms. The second-order valence-corrected chi connectivity index (χ2v) is 3.59. The summed E-state index contributed by atoms with van der Waals surface area (Å²) in [6, 6.07) is 5.93. The van der Waals surface area contributed by atoms with E-state index in [1.807, 2.05) is 6.07 Å². The van der Waals surface area contributed by atoms with E-state index < -0.39 is 11.0 Å². The minimum absolute atomic E-state index is 0.126. The van der Waals surface area contributed by atoms with Crippen molar-refractivity contribution in [2.45, 2.75) is 6.10 Å². The molecular weight excluding hydrogens is 238 g/mol. The predicted molar refractivity (Wildman–Crippen MR) is 64.2 cm³/mol. The number of ether oxygens (including phenoxy) is 1. The molecule has 0 aliphatic heterocycles. The Hall–Kier alpha value is -2.17. The molecule has 1 aromatic carbocycles. The molecular formula is C11H13N3O4. The highest BCUT2D eigenvalue weighted by Crippen LogP contribution is 2.25. The fourth-order valence-electron chi connectivity index (χ4n) is 1.38. The number of hydrogen-bond donors (Lipinski definition) is 2. The molecule has 1 atom stereocenters. The van der Waals surface area contributed by atoms with Gasteiger partial charge in [0.2, 0.25) is 0 Å². The van der Waals surface area contributed by atoms with E-state index in [0.717, 1.165) is 0 Å². The largest absolute Gasteiger partial charge is 0.389 e. The van der Waals surface area contributed by atoms with E-state index in [1.165, 1.54) is 25.3 Å². The summed E-state index contributed by atoms with van der Waals surface area (Å²) in [5.41, 5.74) is 0.275. The highest BCUT2D eigenvalue weighted by molar-refractivity contribution is 5.64. The van der Waals surface area contributed by atoms with Crippen molar-refractivity contribution in [3.8, 4) is 6.07 Å². The van der Waals surface area contributed by atoms with E-state index in [9.17, 15) is 15.2 Å². The van der Waals surface area contributed by atoms with Gasteiger partial charge in [0.1, 0.15) is 5.69 Å². The van der Waals surface area contributed by atoms with Crippen molar-refractivity contribution in [1.82, 2.24) is 0 Å². The molecule has 0 bridgehead atoms. The highest BCUT2D eigenvalue weighted by atomic mass is 16.6. The zero-order valence-electron chi connectivity index (χ0n) is 9.79. The van der Waals surface area contributed by atoms with Gasteiger partial charge in [-0.3, -0.25) is 10.1 Å². The van der Waals surface area contributed by atoms with Crippen molar-refractivity contribution in [2.24, 2.45) is 0 Å². The zero-order chi connectivity index (χ0) is 13.5. The molecule has 0 amide bonds. The van der Waals surface area contributed by atoms with Crippen LogP contribution >= 0.6 is 0 Å². The van der Waals surface area contributed by atoms with E-state index >= 15 is 0 Å². The van der Waals surface area contributed by atoms with Crippen molar-refractivity contribution < 1.29 is 14.8 Å². The van der Waals surface area contributed by atoms with Gasteiger partial charge >= 0.3 is 0 Å². The first-order valence-corrected chi connectivity index (χ1v) is 5.18. The van der Waals surface area contributed by atoms with Crippen LogP contribution in [0.15, 0.2) is 18.2 Å². The third kappa shape index (κ3) is 3.69. The maximum Gasteiger partial charge on any atom is 0.293 e. The number of methoxy groups -OCH3 is 1. The second kappa shape index (κ2) is 6.54. The van der Waals surface area contributed by atoms with Crippen LogP contribution in [0.25, 0.3) is 0 Å². The molecule has 1 aromatic rings. The number of nitrogens with one attached hydrogen (secondary N) is 1. The first kappa shape index (κ1) is 13.9. The molecule has 1 unspecified atom stereocenters. The third-order valence-corrected chi connectivity index (χ3v) is 2.21. The molecule has 0 heterocycles. The van der Waals surface area contributed by atoms with E-state index in [2.05, 4.69) is 5.32 Å². The first-order valence-electron chi connectivity index (χ1n) is 5.18. The van der Waals surface area contributed by atoms with Crippen molar-refractivity contribution in [1.29, 1.82) is 5.26 Å². The molecule has 96 valence electrons. The van der Waals surface area contributed by atoms with E-state index in [-0.39, 0.29) is 30.1 Å². The maximum atomic E-state index is 10.8. The Bertz CT molecular complexity index is 470. The molecule has 0 aromatic heterocycles. The van der Waals surface area contributed by atoms with Gasteiger partial charge in [0, 0.05) is 19.7 Å². The molecule has 18 heavy (non-hydrogen) atoms. The number of aliphatic hydroxyl groups is 1. The highest BCUT2D eigenvalue weighted by Gasteiger charge is 2.15. The Morgan fingerprint density at radius 2 is 2.39 bits per heavy atom. The Labute approximate surface area is 104 Å². The predicted octanol–water partition coefficient (Wildman–Crippen LogP) is 0.886. The lowest BCUT2D eigenvalue weighted by atomic mass is 10.2. The minimum Gasteiger partial charge on any atom is -0.389 e. The number of aliphatic hydroxyl groups excluding tert-OH is 1. The average Bonchev–Trinajstić information content (AvgIpc) is 2.36. The molecule has 2 N–H and O–H groups in total. The molecule has 7 nitrogen and oxygen atoms in total. The van der Waals surface area contributed by atoms with Gasteiger partial charge in [-0.1, -0.05) is 0 Å². The van der Waals surface area contributed by atoms with Gasteiger partial charge in [0.15, 0.2) is 0 Å². The lowest BCUT2D eigenvalue weighted by molar-refractivity contribution is -0.384. The molecule has 0 fully saturated rings. The number of rotatable bonds is 6. The Morgan fingerprint density at radius 1 is 1.67 bits per heavy atom. The number of nitro benzene ring substituents is 1. The van der Waals surface area contributed by atoms with Gasteiger partial charge < -0.3 is 15.2 Å². The molecule has 0 radical (unpaired) electrons. The van der Waals surface area contributed by atoms with Crippen LogP contribution in [0.5, 0.6) is 0 Å². The smallest absolute Gasteiger partial charge is 0.293 e. The van der Waals surface area contributed by atoms with E-state index in [4.69, 9.17) is 10.00 Å². The third-order valence-electron chi connectivity index (χ3n) is 2.21. The molecule has 0 saturated heterocycles. The zero-order valence-corrected chi connectivity index (χ0v) is 9.79. The van der Waals surface area contributed by atoms with E-state index in [1.54, 1.807) is 0 Å². The topological polar surface area (TPSA) is 108 Å². The Kier molecular flexibility index (Phi) is 5.05. The summed E-state index contributed by atoms with van der Waals surface area (Å²) in [5, 5.41) is 31.7. The van der Waals surface area contributed by atoms with Crippen LogP contribution in [0.1, 0.15) is 5.56 Å². The standard InChI is InChI=1S/C11H13N3O4/c1-18-7-9(15)6-13-10-3-2-8(5-12)4-11(10)14(16)17/h2-4,9,13,15H,6-7H2,1H3. The summed E-state index contributed by atoms with van der Waals surface area (Å²) in [5.74, 6) is 0. The number of nitriles is 1. The van der Waals surface area contributed by atoms with Crippen molar-refractivity contribution in [3.05, 3.63) is 33.9 Å². The minimum atomic E-state index is -0.759. The second-order valence-electron chi connectivity index (χ2n) is 3.59. The van der Waals surface area contributed by atoms with Crippen LogP contribution in [0, 0.1) is 21.4 Å². The fraction of sp³-hybridized carbons (Fsp3) is 0.364. The molecule has 0 saturated carbocycles. The van der Waals surface area contributed by atoms with Crippen LogP contribution < -0.4 is 5.32 Å². The number of nitro groups is 1. The average molecular weight is 251 g/mol. The van der Waals surface area contributed by atoms with Gasteiger partial charge in [-0.15, -0.1) is 0 Å². The van der Waals surface area contributed by atoms with Crippen LogP contribution in [0.3, 0.4) is 0 Å². The Morgan fingerprint density at radius 3 is 2.94 bits per heavy atom. The van der Waals surface area contributed by atoms with Gasteiger partial charge in [-0.2, -0.15) is 5.26 Å². The van der Waals surface area contributed by atoms with Gasteiger partial charge in [0.25, 0.3) is 5.69 Å². The first-order chi connectivity index (χ1) is 8.58. The number of benzene rings is 1. The molecule has 0 aliphatic rings. The fourth-order valence-corrected chi connectivity index (χ4v) is 1.38. The van der Waals surface area contributed by atoms with E-state index in [0.29, 0.717) is 0 Å². The summed E-state index contributed by atoms with van der Waals surface area (Å²) in [6.45, 7) is 0.262. The lowest BCUT2D eigenvalue weighted by Gasteiger charge is -2.11. The Balaban J connectivity index is 2.82. The molecule has 0 aliphatic carbocycles. The quantitative estimate of drug-likeness (QED) is 0.574. The van der Waals surface area contributed by atoms with Crippen molar-refractivity contribution >= 4 is 11.4 Å². The lowest BCUT2D eigenvalue weighted by Crippen LogP contribution is -2.24. The summed E-state index contributed by atoms with van der Waals surface area (Å²) >= 11 is 0.